The molecule has 1 aliphatic rings. The average molecular weight is 331 g/mol. The van der Waals surface area contributed by atoms with Gasteiger partial charge < -0.3 is 4.90 Å². The molecule has 0 unspecified atom stereocenters. The third kappa shape index (κ3) is 3.66. The highest BCUT2D eigenvalue weighted by atomic mass is 35.5. The fourth-order valence-electron chi connectivity index (χ4n) is 3.51. The molecule has 0 radical (unpaired) electrons. The van der Waals surface area contributed by atoms with E-state index in [2.05, 4.69) is 4.98 Å². The van der Waals surface area contributed by atoms with Crippen molar-refractivity contribution in [3.63, 3.8) is 0 Å². The van der Waals surface area contributed by atoms with Gasteiger partial charge in [0.25, 0.3) is 5.91 Å². The lowest BCUT2D eigenvalue weighted by Crippen LogP contribution is -2.33. The number of carbonyl (C=O) groups excluding carboxylic acids is 1. The summed E-state index contributed by atoms with van der Waals surface area (Å²) in [6.07, 6.45) is 6.40. The second-order valence-corrected chi connectivity index (χ2v) is 7.08. The highest BCUT2D eigenvalue weighted by Gasteiger charge is 2.21. The maximum atomic E-state index is 12.8. The van der Waals surface area contributed by atoms with Crippen LogP contribution in [0, 0.1) is 12.8 Å². The lowest BCUT2D eigenvalue weighted by Gasteiger charge is -2.27. The predicted molar refractivity (Wildman–Crippen MR) is 95.0 cm³/mol. The molecular formula is C19H23ClN2O. The van der Waals surface area contributed by atoms with Crippen molar-refractivity contribution in [1.29, 1.82) is 0 Å². The predicted octanol–water partition coefficient (Wildman–Crippen LogP) is 4.85. The lowest BCUT2D eigenvalue weighted by atomic mass is 9.89. The van der Waals surface area contributed by atoms with Crippen LogP contribution < -0.4 is 0 Å². The topological polar surface area (TPSA) is 33.2 Å². The Morgan fingerprint density at radius 2 is 2.00 bits per heavy atom. The van der Waals surface area contributed by atoms with E-state index in [1.165, 1.54) is 32.1 Å². The van der Waals surface area contributed by atoms with Crippen LogP contribution in [0.4, 0.5) is 0 Å². The molecule has 1 saturated carbocycles. The van der Waals surface area contributed by atoms with Crippen LogP contribution in [-0.2, 0) is 0 Å². The van der Waals surface area contributed by atoms with Crippen molar-refractivity contribution in [1.82, 2.24) is 9.88 Å². The molecule has 0 saturated heterocycles. The molecule has 0 bridgehead atoms. The Morgan fingerprint density at radius 3 is 2.74 bits per heavy atom. The second-order valence-electron chi connectivity index (χ2n) is 6.65. The molecule has 1 fully saturated rings. The molecule has 122 valence electrons. The van der Waals surface area contributed by atoms with Crippen LogP contribution in [0.2, 0.25) is 5.02 Å². The number of hydrogen-bond acceptors (Lipinski definition) is 2. The Morgan fingerprint density at radius 1 is 1.26 bits per heavy atom. The zero-order valence-corrected chi connectivity index (χ0v) is 14.6. The molecule has 1 heterocycles. The minimum Gasteiger partial charge on any atom is -0.341 e. The minimum absolute atomic E-state index is 0.0578. The zero-order valence-electron chi connectivity index (χ0n) is 13.8. The van der Waals surface area contributed by atoms with Crippen molar-refractivity contribution < 1.29 is 4.79 Å². The number of pyridine rings is 1. The summed E-state index contributed by atoms with van der Waals surface area (Å²) in [5, 5.41) is 1.58. The molecule has 1 amide bonds. The minimum atomic E-state index is 0.0578. The van der Waals surface area contributed by atoms with Crippen molar-refractivity contribution in [2.24, 2.45) is 5.92 Å². The van der Waals surface area contributed by atoms with Crippen LogP contribution in [0.25, 0.3) is 10.9 Å². The maximum Gasteiger partial charge on any atom is 0.255 e. The SMILES string of the molecule is Cc1nc2ccc(Cl)cc2cc1C(=O)N(C)CC1CCCCC1. The van der Waals surface area contributed by atoms with E-state index in [-0.39, 0.29) is 5.91 Å². The van der Waals surface area contributed by atoms with Gasteiger partial charge in [-0.1, -0.05) is 30.9 Å². The van der Waals surface area contributed by atoms with Gasteiger partial charge in [-0.05, 0) is 49.9 Å². The van der Waals surface area contributed by atoms with Crippen LogP contribution >= 0.6 is 11.6 Å². The van der Waals surface area contributed by atoms with E-state index in [0.29, 0.717) is 16.5 Å². The zero-order chi connectivity index (χ0) is 16.4. The van der Waals surface area contributed by atoms with Crippen molar-refractivity contribution in [2.45, 2.75) is 39.0 Å². The van der Waals surface area contributed by atoms with E-state index < -0.39 is 0 Å². The first-order valence-electron chi connectivity index (χ1n) is 8.37. The van der Waals surface area contributed by atoms with Gasteiger partial charge in [0.2, 0.25) is 0 Å². The molecule has 3 nitrogen and oxygen atoms in total. The van der Waals surface area contributed by atoms with Crippen LogP contribution in [-0.4, -0.2) is 29.4 Å². The van der Waals surface area contributed by atoms with Crippen LogP contribution in [0.3, 0.4) is 0 Å². The molecule has 1 aromatic carbocycles. The number of aryl methyl sites for hydroxylation is 1. The fraction of sp³-hybridized carbons (Fsp3) is 0.474. The van der Waals surface area contributed by atoms with E-state index in [1.807, 2.05) is 43.1 Å². The summed E-state index contributed by atoms with van der Waals surface area (Å²) in [7, 11) is 1.90. The summed E-state index contributed by atoms with van der Waals surface area (Å²) in [6, 6.07) is 7.50. The van der Waals surface area contributed by atoms with Gasteiger partial charge in [0.1, 0.15) is 0 Å². The molecular weight excluding hydrogens is 308 g/mol. The molecule has 0 N–H and O–H groups in total. The molecule has 23 heavy (non-hydrogen) atoms. The fourth-order valence-corrected chi connectivity index (χ4v) is 3.69. The van der Waals surface area contributed by atoms with E-state index in [9.17, 15) is 4.79 Å². The van der Waals surface area contributed by atoms with Crippen LogP contribution in [0.15, 0.2) is 24.3 Å². The largest absolute Gasteiger partial charge is 0.341 e. The number of carbonyl (C=O) groups is 1. The summed E-state index contributed by atoms with van der Waals surface area (Å²) >= 11 is 6.06. The van der Waals surface area contributed by atoms with E-state index in [1.54, 1.807) is 0 Å². The van der Waals surface area contributed by atoms with Gasteiger partial charge in [-0.15, -0.1) is 0 Å². The Balaban J connectivity index is 1.82. The molecule has 0 spiro atoms. The van der Waals surface area contributed by atoms with Crippen LogP contribution in [0.1, 0.15) is 48.2 Å². The highest BCUT2D eigenvalue weighted by Crippen LogP contribution is 2.25. The van der Waals surface area contributed by atoms with E-state index in [0.717, 1.165) is 23.1 Å². The lowest BCUT2D eigenvalue weighted by molar-refractivity contribution is 0.0759. The summed E-state index contributed by atoms with van der Waals surface area (Å²) in [6.45, 7) is 2.74. The number of fused-ring (bicyclic) bond motifs is 1. The number of halogens is 1. The average Bonchev–Trinajstić information content (AvgIpc) is 2.55. The highest BCUT2D eigenvalue weighted by molar-refractivity contribution is 6.31. The summed E-state index contributed by atoms with van der Waals surface area (Å²) in [5.41, 5.74) is 2.33. The van der Waals surface area contributed by atoms with E-state index in [4.69, 9.17) is 11.6 Å². The van der Waals surface area contributed by atoms with Gasteiger partial charge in [0, 0.05) is 24.0 Å². The molecule has 1 aromatic heterocycles. The molecule has 2 aromatic rings. The first kappa shape index (κ1) is 16.3. The summed E-state index contributed by atoms with van der Waals surface area (Å²) in [4.78, 5) is 19.2. The molecule has 4 heteroatoms. The number of benzene rings is 1. The third-order valence-corrected chi connectivity index (χ3v) is 5.04. The Bertz CT molecular complexity index is 723. The first-order valence-corrected chi connectivity index (χ1v) is 8.75. The van der Waals surface area contributed by atoms with Gasteiger partial charge in [0.15, 0.2) is 0 Å². The monoisotopic (exact) mass is 330 g/mol. The number of rotatable bonds is 3. The number of hydrogen-bond donors (Lipinski definition) is 0. The third-order valence-electron chi connectivity index (χ3n) is 4.80. The van der Waals surface area contributed by atoms with Crippen LogP contribution in [0.5, 0.6) is 0 Å². The van der Waals surface area contributed by atoms with Crippen molar-refractivity contribution >= 4 is 28.4 Å². The smallest absolute Gasteiger partial charge is 0.255 e. The van der Waals surface area contributed by atoms with Gasteiger partial charge in [-0.2, -0.15) is 0 Å². The molecule has 0 atom stereocenters. The normalized spacial score (nSPS) is 15.8. The Labute approximate surface area is 142 Å². The van der Waals surface area contributed by atoms with Gasteiger partial charge in [-0.3, -0.25) is 9.78 Å². The van der Waals surface area contributed by atoms with Gasteiger partial charge >= 0.3 is 0 Å². The molecule has 1 aliphatic carbocycles. The Kier molecular flexibility index (Phi) is 4.86. The number of aromatic nitrogens is 1. The first-order chi connectivity index (χ1) is 11.0. The quantitative estimate of drug-likeness (QED) is 0.806. The molecule has 0 aliphatic heterocycles. The Hall–Kier alpha value is -1.61. The van der Waals surface area contributed by atoms with Gasteiger partial charge in [0.05, 0.1) is 16.8 Å². The van der Waals surface area contributed by atoms with Crippen molar-refractivity contribution in [3.05, 3.63) is 40.5 Å². The van der Waals surface area contributed by atoms with Gasteiger partial charge in [-0.25, -0.2) is 0 Å². The van der Waals surface area contributed by atoms with E-state index >= 15 is 0 Å². The number of amides is 1. The van der Waals surface area contributed by atoms with Crippen molar-refractivity contribution in [3.8, 4) is 0 Å². The summed E-state index contributed by atoms with van der Waals surface area (Å²) in [5.74, 6) is 0.698. The number of nitrogens with zero attached hydrogens (tertiary/aromatic N) is 2. The standard InChI is InChI=1S/C19H23ClN2O/c1-13-17(11-15-10-16(20)8-9-18(15)21-13)19(23)22(2)12-14-6-4-3-5-7-14/h8-11,14H,3-7,12H2,1-2H3. The van der Waals surface area contributed by atoms with Crippen molar-refractivity contribution in [2.75, 3.05) is 13.6 Å². The molecule has 3 rings (SSSR count). The maximum absolute atomic E-state index is 12.8. The summed E-state index contributed by atoms with van der Waals surface area (Å²) < 4.78 is 0. The second kappa shape index (κ2) is 6.88.